The Bertz CT molecular complexity index is 1520. The molecule has 3 aromatic carbocycles. The van der Waals surface area contributed by atoms with E-state index in [0.717, 1.165) is 10.5 Å². The van der Waals surface area contributed by atoms with Crippen LogP contribution in [0.4, 0.5) is 0 Å². The van der Waals surface area contributed by atoms with E-state index in [9.17, 15) is 19.2 Å². The standard InChI is InChI=1S/C27H19NO7/c1-16-5-4-6-17(13-16)34-23-15-33-22-14-18(9-10-21(22)25(23)30)35-24(29)11-12-28-26(31)19-7-2-3-8-20(19)27(28)32/h2-10,13-15H,11-12H2,1H3. The van der Waals surface area contributed by atoms with Crippen LogP contribution in [-0.4, -0.2) is 29.2 Å². The molecule has 1 aliphatic rings. The predicted molar refractivity (Wildman–Crippen MR) is 126 cm³/mol. The normalized spacial score (nSPS) is 12.7. The van der Waals surface area contributed by atoms with Gasteiger partial charge < -0.3 is 13.9 Å². The van der Waals surface area contributed by atoms with Gasteiger partial charge in [-0.25, -0.2) is 0 Å². The van der Waals surface area contributed by atoms with Gasteiger partial charge in [-0.05, 0) is 48.9 Å². The Labute approximate surface area is 199 Å². The topological polar surface area (TPSA) is 103 Å². The molecule has 0 aliphatic carbocycles. The van der Waals surface area contributed by atoms with Crippen LogP contribution in [0.3, 0.4) is 0 Å². The van der Waals surface area contributed by atoms with Gasteiger partial charge in [-0.2, -0.15) is 0 Å². The van der Waals surface area contributed by atoms with Gasteiger partial charge in [0, 0.05) is 12.6 Å². The highest BCUT2D eigenvalue weighted by Gasteiger charge is 2.35. The van der Waals surface area contributed by atoms with Crippen LogP contribution < -0.4 is 14.9 Å². The Morgan fingerprint density at radius 1 is 0.886 bits per heavy atom. The number of nitrogens with zero attached hydrogens (tertiary/aromatic N) is 1. The number of carbonyl (C=O) groups is 3. The van der Waals surface area contributed by atoms with Gasteiger partial charge in [0.05, 0.1) is 22.9 Å². The summed E-state index contributed by atoms with van der Waals surface area (Å²) in [7, 11) is 0. The number of amides is 2. The largest absolute Gasteiger partial charge is 0.460 e. The monoisotopic (exact) mass is 469 g/mol. The van der Waals surface area contributed by atoms with E-state index in [1.165, 1.54) is 24.5 Å². The van der Waals surface area contributed by atoms with E-state index < -0.39 is 17.8 Å². The minimum absolute atomic E-state index is 0.0359. The van der Waals surface area contributed by atoms with Gasteiger partial charge in [-0.1, -0.05) is 24.3 Å². The summed E-state index contributed by atoms with van der Waals surface area (Å²) < 4.78 is 16.5. The Hall–Kier alpha value is -4.72. The van der Waals surface area contributed by atoms with E-state index in [0.29, 0.717) is 16.9 Å². The van der Waals surface area contributed by atoms with E-state index in [1.54, 1.807) is 36.4 Å². The molecule has 0 radical (unpaired) electrons. The van der Waals surface area contributed by atoms with Crippen LogP contribution in [0.1, 0.15) is 32.7 Å². The van der Waals surface area contributed by atoms with Crippen LogP contribution in [-0.2, 0) is 4.79 Å². The number of hydrogen-bond acceptors (Lipinski definition) is 7. The van der Waals surface area contributed by atoms with Gasteiger partial charge in [0.15, 0.2) is 0 Å². The van der Waals surface area contributed by atoms with Crippen LogP contribution in [0.25, 0.3) is 11.0 Å². The van der Waals surface area contributed by atoms with Crippen LogP contribution in [0.2, 0.25) is 0 Å². The highest BCUT2D eigenvalue weighted by molar-refractivity contribution is 6.21. The highest BCUT2D eigenvalue weighted by Crippen LogP contribution is 2.25. The molecule has 2 heterocycles. The lowest BCUT2D eigenvalue weighted by Gasteiger charge is -2.13. The molecule has 1 aromatic heterocycles. The number of imide groups is 1. The molecule has 8 nitrogen and oxygen atoms in total. The molecular formula is C27H19NO7. The van der Waals surface area contributed by atoms with Crippen molar-refractivity contribution in [1.82, 2.24) is 4.90 Å². The second-order valence-electron chi connectivity index (χ2n) is 8.04. The zero-order chi connectivity index (χ0) is 24.5. The van der Waals surface area contributed by atoms with Crippen molar-refractivity contribution >= 4 is 28.8 Å². The maximum absolute atomic E-state index is 12.8. The van der Waals surface area contributed by atoms with Crippen molar-refractivity contribution in [3.8, 4) is 17.2 Å². The second-order valence-corrected chi connectivity index (χ2v) is 8.04. The fourth-order valence-electron chi connectivity index (χ4n) is 3.86. The summed E-state index contributed by atoms with van der Waals surface area (Å²) in [5, 5.41) is 0.265. The molecule has 4 aromatic rings. The third-order valence-electron chi connectivity index (χ3n) is 5.58. The number of esters is 1. The zero-order valence-electron chi connectivity index (χ0n) is 18.6. The van der Waals surface area contributed by atoms with Crippen LogP contribution >= 0.6 is 0 Å². The first-order valence-electron chi connectivity index (χ1n) is 10.9. The molecular weight excluding hydrogens is 450 g/mol. The van der Waals surface area contributed by atoms with Crippen LogP contribution in [0, 0.1) is 6.92 Å². The zero-order valence-corrected chi connectivity index (χ0v) is 18.6. The molecule has 0 spiro atoms. The third kappa shape index (κ3) is 4.29. The number of hydrogen-bond donors (Lipinski definition) is 0. The first-order valence-corrected chi connectivity index (χ1v) is 10.9. The molecule has 0 saturated heterocycles. The van der Waals surface area contributed by atoms with Crippen molar-refractivity contribution in [2.45, 2.75) is 13.3 Å². The Morgan fingerprint density at radius 3 is 2.34 bits per heavy atom. The molecule has 35 heavy (non-hydrogen) atoms. The van der Waals surface area contributed by atoms with E-state index in [2.05, 4.69) is 0 Å². The van der Waals surface area contributed by atoms with Crippen molar-refractivity contribution in [2.24, 2.45) is 0 Å². The van der Waals surface area contributed by atoms with Crippen molar-refractivity contribution in [1.29, 1.82) is 0 Å². The van der Waals surface area contributed by atoms with E-state index in [4.69, 9.17) is 13.9 Å². The van der Waals surface area contributed by atoms with Crippen molar-refractivity contribution < 1.29 is 28.3 Å². The first-order chi connectivity index (χ1) is 16.9. The smallest absolute Gasteiger partial charge is 0.313 e. The maximum atomic E-state index is 12.8. The van der Waals surface area contributed by atoms with Crippen LogP contribution in [0.5, 0.6) is 17.2 Å². The summed E-state index contributed by atoms with van der Waals surface area (Å²) in [5.41, 5.74) is 1.48. The van der Waals surface area contributed by atoms with Crippen LogP contribution in [0.15, 0.2) is 82.2 Å². The molecule has 0 atom stereocenters. The van der Waals surface area contributed by atoms with Gasteiger partial charge in [0.25, 0.3) is 11.8 Å². The lowest BCUT2D eigenvalue weighted by Crippen LogP contribution is -2.32. The first kappa shape index (κ1) is 22.1. The number of aryl methyl sites for hydroxylation is 1. The van der Waals surface area contributed by atoms with Gasteiger partial charge in [-0.3, -0.25) is 24.1 Å². The summed E-state index contributed by atoms with van der Waals surface area (Å²) in [6.45, 7) is 1.81. The number of carbonyl (C=O) groups excluding carboxylic acids is 3. The minimum atomic E-state index is -0.636. The van der Waals surface area contributed by atoms with Gasteiger partial charge >= 0.3 is 5.97 Å². The average molecular weight is 469 g/mol. The summed E-state index contributed by atoms with van der Waals surface area (Å²) in [5.74, 6) is -0.791. The molecule has 8 heteroatoms. The highest BCUT2D eigenvalue weighted by atomic mass is 16.5. The average Bonchev–Trinajstić information content (AvgIpc) is 3.09. The molecule has 0 saturated carbocycles. The van der Waals surface area contributed by atoms with Gasteiger partial charge in [-0.15, -0.1) is 0 Å². The SMILES string of the molecule is Cc1cccc(Oc2coc3cc(OC(=O)CCN4C(=O)c5ccccc5C4=O)ccc3c2=O)c1. The predicted octanol–water partition coefficient (Wildman–Crippen LogP) is 4.49. The van der Waals surface area contributed by atoms with Crippen molar-refractivity contribution in [2.75, 3.05) is 6.54 Å². The number of fused-ring (bicyclic) bond motifs is 2. The molecule has 0 bridgehead atoms. The molecule has 174 valence electrons. The Morgan fingerprint density at radius 2 is 1.63 bits per heavy atom. The maximum Gasteiger partial charge on any atom is 0.313 e. The summed E-state index contributed by atoms with van der Waals surface area (Å²) in [6.07, 6.45) is 1.03. The van der Waals surface area contributed by atoms with E-state index >= 15 is 0 Å². The molecule has 1 aliphatic heterocycles. The number of benzene rings is 3. The fraction of sp³-hybridized carbons (Fsp3) is 0.111. The lowest BCUT2D eigenvalue weighted by atomic mass is 10.1. The summed E-state index contributed by atoms with van der Waals surface area (Å²) in [4.78, 5) is 51.0. The molecule has 5 rings (SSSR count). The molecule has 0 fully saturated rings. The summed E-state index contributed by atoms with van der Waals surface area (Å²) in [6, 6.07) is 18.2. The second kappa shape index (κ2) is 8.90. The fourth-order valence-corrected chi connectivity index (χ4v) is 3.86. The Balaban J connectivity index is 1.26. The van der Waals surface area contributed by atoms with Crippen molar-refractivity contribution in [3.63, 3.8) is 0 Å². The molecule has 0 unspecified atom stereocenters. The van der Waals surface area contributed by atoms with E-state index in [-0.39, 0.29) is 40.9 Å². The molecule has 2 amide bonds. The van der Waals surface area contributed by atoms with Crippen molar-refractivity contribution in [3.05, 3.63) is 99.9 Å². The number of ether oxygens (including phenoxy) is 2. The lowest BCUT2D eigenvalue weighted by molar-refractivity contribution is -0.134. The number of rotatable bonds is 6. The minimum Gasteiger partial charge on any atom is -0.460 e. The quantitative estimate of drug-likeness (QED) is 0.233. The van der Waals surface area contributed by atoms with E-state index in [1.807, 2.05) is 19.1 Å². The van der Waals surface area contributed by atoms with Gasteiger partial charge in [0.2, 0.25) is 11.2 Å². The molecule has 0 N–H and O–H groups in total. The Kier molecular flexibility index (Phi) is 5.62. The summed E-state index contributed by atoms with van der Waals surface area (Å²) >= 11 is 0. The third-order valence-corrected chi connectivity index (χ3v) is 5.58. The van der Waals surface area contributed by atoms with Gasteiger partial charge in [0.1, 0.15) is 23.3 Å².